The van der Waals surface area contributed by atoms with Gasteiger partial charge in [-0.05, 0) is 44.0 Å². The molecule has 1 fully saturated rings. The zero-order chi connectivity index (χ0) is 17.0. The van der Waals surface area contributed by atoms with Gasteiger partial charge in [0.05, 0.1) is 6.54 Å². The van der Waals surface area contributed by atoms with Gasteiger partial charge in [0.15, 0.2) is 0 Å². The zero-order valence-electron chi connectivity index (χ0n) is 13.3. The van der Waals surface area contributed by atoms with Gasteiger partial charge in [0, 0.05) is 17.8 Å². The van der Waals surface area contributed by atoms with Gasteiger partial charge >= 0.3 is 12.0 Å². The summed E-state index contributed by atoms with van der Waals surface area (Å²) in [5.74, 6) is -1.25. The van der Waals surface area contributed by atoms with Crippen LogP contribution in [0.25, 0.3) is 0 Å². The summed E-state index contributed by atoms with van der Waals surface area (Å²) in [6, 6.07) is 4.05. The molecule has 1 aromatic rings. The van der Waals surface area contributed by atoms with E-state index in [2.05, 4.69) is 10.6 Å². The molecule has 2 rings (SSSR count). The lowest BCUT2D eigenvalue weighted by Gasteiger charge is -2.42. The predicted molar refractivity (Wildman–Crippen MR) is 85.0 cm³/mol. The Morgan fingerprint density at radius 2 is 2.09 bits per heavy atom. The number of aliphatic carboxylic acids is 1. The van der Waals surface area contributed by atoms with E-state index in [1.54, 1.807) is 13.0 Å². The molecule has 6 nitrogen and oxygen atoms in total. The second-order valence-electron chi connectivity index (χ2n) is 5.84. The summed E-state index contributed by atoms with van der Waals surface area (Å²) in [5.41, 5.74) is 1.23. The van der Waals surface area contributed by atoms with Crippen LogP contribution in [0.3, 0.4) is 0 Å². The lowest BCUT2D eigenvalue weighted by Crippen LogP contribution is -2.55. The maximum atomic E-state index is 13.2. The van der Waals surface area contributed by atoms with Crippen LogP contribution in [0.4, 0.5) is 14.9 Å². The summed E-state index contributed by atoms with van der Waals surface area (Å²) in [6.45, 7) is 4.39. The first-order valence-corrected chi connectivity index (χ1v) is 7.68. The number of carbonyl (C=O) groups is 2. The lowest BCUT2D eigenvalue weighted by molar-refractivity contribution is -0.139. The van der Waals surface area contributed by atoms with Crippen molar-refractivity contribution >= 4 is 17.7 Å². The van der Waals surface area contributed by atoms with E-state index in [1.165, 1.54) is 12.1 Å². The van der Waals surface area contributed by atoms with Crippen molar-refractivity contribution in [2.45, 2.75) is 38.8 Å². The van der Waals surface area contributed by atoms with Crippen LogP contribution in [-0.2, 0) is 4.79 Å². The van der Waals surface area contributed by atoms with Crippen LogP contribution >= 0.6 is 0 Å². The number of amides is 2. The summed E-state index contributed by atoms with van der Waals surface area (Å²) in [6.07, 6.45) is 1.44. The lowest BCUT2D eigenvalue weighted by atomic mass is 9.85. The monoisotopic (exact) mass is 323 g/mol. The Balaban J connectivity index is 1.80. The topological polar surface area (TPSA) is 81.7 Å². The number of nitrogens with one attached hydrogen (secondary N) is 2. The summed E-state index contributed by atoms with van der Waals surface area (Å²) in [7, 11) is 0. The van der Waals surface area contributed by atoms with Crippen molar-refractivity contribution < 1.29 is 19.1 Å². The molecule has 0 saturated heterocycles. The molecular weight excluding hydrogens is 301 g/mol. The molecule has 0 radical (unpaired) electrons. The van der Waals surface area contributed by atoms with E-state index in [0.717, 1.165) is 18.4 Å². The van der Waals surface area contributed by atoms with Crippen LogP contribution in [0.2, 0.25) is 0 Å². The van der Waals surface area contributed by atoms with Gasteiger partial charge in [-0.25, -0.2) is 9.18 Å². The Labute approximate surface area is 134 Å². The highest BCUT2D eigenvalue weighted by Crippen LogP contribution is 2.25. The van der Waals surface area contributed by atoms with E-state index < -0.39 is 11.8 Å². The van der Waals surface area contributed by atoms with Crippen molar-refractivity contribution in [1.29, 1.82) is 0 Å². The zero-order valence-corrected chi connectivity index (χ0v) is 13.3. The number of aryl methyl sites for hydroxylation is 1. The Hall–Kier alpha value is -2.15. The number of urea groups is 1. The minimum atomic E-state index is -0.845. The van der Waals surface area contributed by atoms with Crippen LogP contribution in [0.15, 0.2) is 18.2 Å². The first-order valence-electron chi connectivity index (χ1n) is 7.68. The Kier molecular flexibility index (Phi) is 5.54. The van der Waals surface area contributed by atoms with Gasteiger partial charge in [-0.2, -0.15) is 0 Å². The van der Waals surface area contributed by atoms with Crippen LogP contribution in [0, 0.1) is 12.7 Å². The highest BCUT2D eigenvalue weighted by atomic mass is 19.1. The third-order valence-corrected chi connectivity index (χ3v) is 4.16. The molecule has 0 unspecified atom stereocenters. The van der Waals surface area contributed by atoms with Crippen molar-refractivity contribution in [3.05, 3.63) is 29.6 Å². The molecule has 7 heteroatoms. The fourth-order valence-electron chi connectivity index (χ4n) is 2.75. The Morgan fingerprint density at radius 3 is 2.70 bits per heavy atom. The molecule has 0 aromatic heterocycles. The number of benzene rings is 1. The molecule has 1 saturated carbocycles. The molecular formula is C16H22FN3O3. The highest BCUT2D eigenvalue weighted by Gasteiger charge is 2.34. The summed E-state index contributed by atoms with van der Waals surface area (Å²) in [4.78, 5) is 24.6. The van der Waals surface area contributed by atoms with Crippen LogP contribution in [0.1, 0.15) is 25.3 Å². The third-order valence-electron chi connectivity index (χ3n) is 4.16. The van der Waals surface area contributed by atoms with Crippen molar-refractivity contribution in [3.8, 4) is 0 Å². The number of likely N-dealkylation sites (N-methyl/N-ethyl adjacent to an activating group) is 1. The smallest absolute Gasteiger partial charge is 0.319 e. The number of carboxylic acids is 1. The van der Waals surface area contributed by atoms with Gasteiger partial charge in [-0.3, -0.25) is 9.69 Å². The first-order chi connectivity index (χ1) is 10.9. The number of carboxylic acid groups (broad SMARTS) is 1. The van der Waals surface area contributed by atoms with Crippen LogP contribution in [-0.4, -0.2) is 47.2 Å². The highest BCUT2D eigenvalue weighted by molar-refractivity contribution is 5.90. The molecule has 2 amide bonds. The fourth-order valence-corrected chi connectivity index (χ4v) is 2.75. The van der Waals surface area contributed by atoms with Gasteiger partial charge in [0.25, 0.3) is 0 Å². The van der Waals surface area contributed by atoms with Gasteiger partial charge in [-0.1, -0.05) is 13.0 Å². The van der Waals surface area contributed by atoms with Gasteiger partial charge < -0.3 is 15.7 Å². The molecule has 1 aliphatic carbocycles. The standard InChI is InChI=1S/C16H22FN3O3/c1-3-20(9-15(21)22)13-7-12(8-13)18-16(23)19-14-6-11(17)5-4-10(14)2/h4-6,12-13H,3,7-9H2,1-2H3,(H,21,22)(H2,18,19,23). The largest absolute Gasteiger partial charge is 0.480 e. The molecule has 0 aliphatic heterocycles. The van der Waals surface area contributed by atoms with E-state index in [-0.39, 0.29) is 24.7 Å². The van der Waals surface area contributed by atoms with Crippen LogP contribution in [0.5, 0.6) is 0 Å². The fraction of sp³-hybridized carbons (Fsp3) is 0.500. The molecule has 0 heterocycles. The molecule has 3 N–H and O–H groups in total. The van der Waals surface area contributed by atoms with E-state index in [1.807, 2.05) is 11.8 Å². The number of nitrogens with zero attached hydrogens (tertiary/aromatic N) is 1. The number of halogens is 1. The van der Waals surface area contributed by atoms with Gasteiger partial charge in [0.1, 0.15) is 5.82 Å². The normalized spacial score (nSPS) is 20.0. The maximum Gasteiger partial charge on any atom is 0.319 e. The molecule has 23 heavy (non-hydrogen) atoms. The van der Waals surface area contributed by atoms with Crippen molar-refractivity contribution in [2.24, 2.45) is 0 Å². The molecule has 0 atom stereocenters. The minimum Gasteiger partial charge on any atom is -0.480 e. The number of hydrogen-bond donors (Lipinski definition) is 3. The SMILES string of the molecule is CCN(CC(=O)O)C1CC(NC(=O)Nc2cc(F)ccc2C)C1. The molecule has 0 spiro atoms. The van der Waals surface area contributed by atoms with Gasteiger partial charge in [0.2, 0.25) is 0 Å². The number of rotatable bonds is 6. The Bertz CT molecular complexity index is 588. The van der Waals surface area contributed by atoms with Crippen LogP contribution < -0.4 is 10.6 Å². The van der Waals surface area contributed by atoms with E-state index in [9.17, 15) is 14.0 Å². The quantitative estimate of drug-likeness (QED) is 0.749. The third kappa shape index (κ3) is 4.66. The second-order valence-corrected chi connectivity index (χ2v) is 5.84. The summed E-state index contributed by atoms with van der Waals surface area (Å²) in [5, 5.41) is 14.3. The van der Waals surface area contributed by atoms with Crippen molar-refractivity contribution in [3.63, 3.8) is 0 Å². The Morgan fingerprint density at radius 1 is 1.39 bits per heavy atom. The number of anilines is 1. The van der Waals surface area contributed by atoms with E-state index in [0.29, 0.717) is 12.2 Å². The molecule has 126 valence electrons. The average Bonchev–Trinajstić information content (AvgIpc) is 2.44. The molecule has 1 aromatic carbocycles. The minimum absolute atomic E-state index is 0.0108. The summed E-state index contributed by atoms with van der Waals surface area (Å²) < 4.78 is 13.2. The summed E-state index contributed by atoms with van der Waals surface area (Å²) >= 11 is 0. The van der Waals surface area contributed by atoms with E-state index in [4.69, 9.17) is 5.11 Å². The maximum absolute atomic E-state index is 13.2. The van der Waals surface area contributed by atoms with Crippen molar-refractivity contribution in [2.75, 3.05) is 18.4 Å². The van der Waals surface area contributed by atoms with Gasteiger partial charge in [-0.15, -0.1) is 0 Å². The second kappa shape index (κ2) is 7.41. The molecule has 1 aliphatic rings. The van der Waals surface area contributed by atoms with Crippen molar-refractivity contribution in [1.82, 2.24) is 10.2 Å². The molecule has 0 bridgehead atoms. The number of hydrogen-bond acceptors (Lipinski definition) is 3. The predicted octanol–water partition coefficient (Wildman–Crippen LogP) is 2.19. The van der Waals surface area contributed by atoms with E-state index >= 15 is 0 Å². The number of carbonyl (C=O) groups excluding carboxylic acids is 1. The first kappa shape index (κ1) is 17.2. The average molecular weight is 323 g/mol.